The maximum absolute atomic E-state index is 13.2. The van der Waals surface area contributed by atoms with Crippen LogP contribution in [0.15, 0.2) is 28.0 Å². The second kappa shape index (κ2) is 8.37. The molecule has 8 heteroatoms. The van der Waals surface area contributed by atoms with Crippen molar-refractivity contribution in [2.24, 2.45) is 17.8 Å². The van der Waals surface area contributed by atoms with Gasteiger partial charge in [-0.25, -0.2) is 0 Å². The van der Waals surface area contributed by atoms with E-state index >= 15 is 0 Å². The molecule has 1 aromatic carbocycles. The Bertz CT molecular complexity index is 1120. The van der Waals surface area contributed by atoms with Crippen molar-refractivity contribution in [2.45, 2.75) is 61.3 Å². The number of hydrogen-bond acceptors (Lipinski definition) is 4. The molecule has 3 heterocycles. The average Bonchev–Trinajstić information content (AvgIpc) is 3.49. The number of thioether (sulfide) groups is 1. The van der Waals surface area contributed by atoms with Gasteiger partial charge in [0.15, 0.2) is 0 Å². The van der Waals surface area contributed by atoms with Crippen molar-refractivity contribution in [3.63, 3.8) is 0 Å². The molecule has 1 saturated heterocycles. The minimum absolute atomic E-state index is 0.0247. The number of halogens is 2. The standard InChI is InChI=1S/C24H26Cl2N2O2S2/c25-16-6-4-5-15(20(16)26)19-18-13-7-8-14(11-13)21(18)31-23-22(19)32-24(30)28(23)12-17(29)27-9-2-1-3-10-27/h4-6,13-14,18-19,21H,1-3,7-12H2. The lowest BCUT2D eigenvalue weighted by molar-refractivity contribution is -0.132. The van der Waals surface area contributed by atoms with Crippen molar-refractivity contribution < 1.29 is 4.79 Å². The Morgan fingerprint density at radius 1 is 1.09 bits per heavy atom. The molecule has 0 N–H and O–H groups in total. The molecule has 5 unspecified atom stereocenters. The van der Waals surface area contributed by atoms with Crippen molar-refractivity contribution >= 4 is 52.2 Å². The van der Waals surface area contributed by atoms with Gasteiger partial charge in [-0.3, -0.25) is 14.2 Å². The van der Waals surface area contributed by atoms with E-state index in [4.69, 9.17) is 23.2 Å². The summed E-state index contributed by atoms with van der Waals surface area (Å²) in [6.07, 6.45) is 7.09. The van der Waals surface area contributed by atoms with Gasteiger partial charge >= 0.3 is 4.87 Å². The van der Waals surface area contributed by atoms with Gasteiger partial charge in [-0.15, -0.1) is 11.8 Å². The molecular weight excluding hydrogens is 483 g/mol. The van der Waals surface area contributed by atoms with Crippen LogP contribution in [0.5, 0.6) is 0 Å². The van der Waals surface area contributed by atoms with Crippen LogP contribution in [0.25, 0.3) is 0 Å². The van der Waals surface area contributed by atoms with Crippen LogP contribution in [0.2, 0.25) is 10.0 Å². The second-order valence-electron chi connectivity index (χ2n) is 9.68. The number of aromatic nitrogens is 1. The monoisotopic (exact) mass is 508 g/mol. The molecule has 2 aliphatic heterocycles. The second-order valence-corrected chi connectivity index (χ2v) is 12.6. The highest BCUT2D eigenvalue weighted by atomic mass is 35.5. The summed E-state index contributed by atoms with van der Waals surface area (Å²) in [5, 5.41) is 2.65. The molecule has 2 bridgehead atoms. The third kappa shape index (κ3) is 3.40. The van der Waals surface area contributed by atoms with Crippen LogP contribution in [-0.2, 0) is 11.3 Å². The van der Waals surface area contributed by atoms with Crippen LogP contribution in [0.3, 0.4) is 0 Å². The number of amides is 1. The van der Waals surface area contributed by atoms with Crippen molar-refractivity contribution in [1.82, 2.24) is 9.47 Å². The summed E-state index contributed by atoms with van der Waals surface area (Å²) in [6.45, 7) is 1.77. The highest BCUT2D eigenvalue weighted by Crippen LogP contribution is 2.64. The molecule has 3 fully saturated rings. The molecule has 4 aliphatic rings. The Kier molecular flexibility index (Phi) is 5.64. The molecule has 0 radical (unpaired) electrons. The molecule has 2 aliphatic carbocycles. The van der Waals surface area contributed by atoms with Crippen LogP contribution in [-0.4, -0.2) is 33.7 Å². The molecule has 2 saturated carbocycles. The molecule has 170 valence electrons. The number of benzene rings is 1. The summed E-state index contributed by atoms with van der Waals surface area (Å²) >= 11 is 16.3. The lowest BCUT2D eigenvalue weighted by atomic mass is 9.75. The molecule has 4 nitrogen and oxygen atoms in total. The number of carbonyl (C=O) groups is 1. The summed E-state index contributed by atoms with van der Waals surface area (Å²) in [6, 6.07) is 5.87. The van der Waals surface area contributed by atoms with Crippen molar-refractivity contribution in [3.8, 4) is 0 Å². The minimum atomic E-state index is -0.0247. The molecule has 32 heavy (non-hydrogen) atoms. The Labute approximate surface area is 206 Å². The topological polar surface area (TPSA) is 42.3 Å². The number of hydrogen-bond donors (Lipinski definition) is 0. The molecule has 2 aromatic rings. The quantitative estimate of drug-likeness (QED) is 0.519. The predicted molar refractivity (Wildman–Crippen MR) is 131 cm³/mol. The van der Waals surface area contributed by atoms with Crippen molar-refractivity contribution in [1.29, 1.82) is 0 Å². The lowest BCUT2D eigenvalue weighted by Crippen LogP contribution is -2.39. The molecule has 1 amide bonds. The van der Waals surface area contributed by atoms with Crippen LogP contribution in [0, 0.1) is 17.8 Å². The van der Waals surface area contributed by atoms with Gasteiger partial charge in [0, 0.05) is 29.1 Å². The number of piperidine rings is 1. The van der Waals surface area contributed by atoms with Crippen LogP contribution >= 0.6 is 46.3 Å². The Balaban J connectivity index is 1.43. The zero-order chi connectivity index (χ0) is 22.0. The zero-order valence-electron chi connectivity index (χ0n) is 17.8. The van der Waals surface area contributed by atoms with Gasteiger partial charge in [-0.05, 0) is 67.9 Å². The molecular formula is C24H26Cl2N2O2S2. The SMILES string of the molecule is O=C(Cn1c2c(sc1=O)C(c1cccc(Cl)c1Cl)C1C3CCC(C3)C1S2)N1CCCCC1. The van der Waals surface area contributed by atoms with Crippen LogP contribution < -0.4 is 4.87 Å². The van der Waals surface area contributed by atoms with E-state index < -0.39 is 0 Å². The number of rotatable bonds is 3. The highest BCUT2D eigenvalue weighted by Gasteiger charge is 2.55. The van der Waals surface area contributed by atoms with E-state index in [0.717, 1.165) is 41.4 Å². The largest absolute Gasteiger partial charge is 0.341 e. The third-order valence-corrected chi connectivity index (χ3v) is 11.7. The first-order valence-corrected chi connectivity index (χ1v) is 14.1. The zero-order valence-corrected chi connectivity index (χ0v) is 20.9. The van der Waals surface area contributed by atoms with Crippen LogP contribution in [0.1, 0.15) is 54.9 Å². The average molecular weight is 510 g/mol. The van der Waals surface area contributed by atoms with E-state index in [1.54, 1.807) is 4.57 Å². The van der Waals surface area contributed by atoms with Gasteiger partial charge in [0.1, 0.15) is 6.54 Å². The van der Waals surface area contributed by atoms with Gasteiger partial charge < -0.3 is 4.90 Å². The fourth-order valence-corrected chi connectivity index (χ4v) is 10.1. The van der Waals surface area contributed by atoms with E-state index in [9.17, 15) is 9.59 Å². The number of carbonyl (C=O) groups excluding carboxylic acids is 1. The number of likely N-dealkylation sites (tertiary alicyclic amines) is 1. The maximum atomic E-state index is 13.2. The Morgan fingerprint density at radius 3 is 2.69 bits per heavy atom. The molecule has 6 rings (SSSR count). The van der Waals surface area contributed by atoms with E-state index in [1.165, 1.54) is 37.0 Å². The van der Waals surface area contributed by atoms with Gasteiger partial charge in [0.25, 0.3) is 0 Å². The molecule has 5 atom stereocenters. The summed E-state index contributed by atoms with van der Waals surface area (Å²) in [5.74, 6) is 1.99. The highest BCUT2D eigenvalue weighted by molar-refractivity contribution is 8.00. The van der Waals surface area contributed by atoms with Gasteiger partial charge in [-0.2, -0.15) is 0 Å². The van der Waals surface area contributed by atoms with Crippen molar-refractivity contribution in [2.75, 3.05) is 13.1 Å². The Hall–Kier alpha value is -0.950. The van der Waals surface area contributed by atoms with Gasteiger partial charge in [-0.1, -0.05) is 46.7 Å². The molecule has 0 spiro atoms. The summed E-state index contributed by atoms with van der Waals surface area (Å²) in [5.41, 5.74) is 1.04. The first-order valence-electron chi connectivity index (χ1n) is 11.6. The van der Waals surface area contributed by atoms with Crippen molar-refractivity contribution in [3.05, 3.63) is 48.4 Å². The predicted octanol–water partition coefficient (Wildman–Crippen LogP) is 5.88. The van der Waals surface area contributed by atoms with Gasteiger partial charge in [0.05, 0.1) is 15.1 Å². The number of thiazole rings is 1. The third-order valence-electron chi connectivity index (χ3n) is 8.01. The molecule has 1 aromatic heterocycles. The normalized spacial score (nSPS) is 30.9. The number of nitrogens with zero attached hydrogens (tertiary/aromatic N) is 2. The number of fused-ring (bicyclic) bond motifs is 6. The lowest BCUT2D eigenvalue weighted by Gasteiger charge is -2.41. The fourth-order valence-electron chi connectivity index (χ4n) is 6.57. The smallest absolute Gasteiger partial charge is 0.308 e. The first-order chi connectivity index (χ1) is 15.5. The summed E-state index contributed by atoms with van der Waals surface area (Å²) < 4.78 is 1.76. The van der Waals surface area contributed by atoms with E-state index in [2.05, 4.69) is 6.07 Å². The van der Waals surface area contributed by atoms with Gasteiger partial charge in [0.2, 0.25) is 5.91 Å². The van der Waals surface area contributed by atoms with E-state index in [-0.39, 0.29) is 23.2 Å². The van der Waals surface area contributed by atoms with E-state index in [0.29, 0.717) is 33.0 Å². The van der Waals surface area contributed by atoms with Crippen LogP contribution in [0.4, 0.5) is 0 Å². The summed E-state index contributed by atoms with van der Waals surface area (Å²) in [7, 11) is 0. The minimum Gasteiger partial charge on any atom is -0.341 e. The fraction of sp³-hybridized carbons (Fsp3) is 0.583. The maximum Gasteiger partial charge on any atom is 0.308 e. The first kappa shape index (κ1) is 21.6. The summed E-state index contributed by atoms with van der Waals surface area (Å²) in [4.78, 5) is 29.2. The Morgan fingerprint density at radius 2 is 1.88 bits per heavy atom. The van der Waals surface area contributed by atoms with E-state index in [1.807, 2.05) is 28.8 Å².